The van der Waals surface area contributed by atoms with Crippen LogP contribution in [0.25, 0.3) is 10.8 Å². The van der Waals surface area contributed by atoms with E-state index in [2.05, 4.69) is 47.5 Å². The predicted molar refractivity (Wildman–Crippen MR) is 90.6 cm³/mol. The Kier molecular flexibility index (Phi) is 4.74. The summed E-state index contributed by atoms with van der Waals surface area (Å²) in [4.78, 5) is 14.4. The fourth-order valence-corrected chi connectivity index (χ4v) is 3.12. The maximum absolute atomic E-state index is 12.1. The summed E-state index contributed by atoms with van der Waals surface area (Å²) in [6.07, 6.45) is 2.41. The zero-order valence-electron chi connectivity index (χ0n) is 13.2. The molecule has 0 saturated carbocycles. The molecule has 0 spiro atoms. The first-order valence-electron chi connectivity index (χ1n) is 8.18. The molecule has 22 heavy (non-hydrogen) atoms. The fraction of sp³-hybridized carbons (Fsp3) is 0.421. The van der Waals surface area contributed by atoms with Gasteiger partial charge in [0.2, 0.25) is 5.91 Å². The smallest absolute Gasteiger partial charge is 0.234 e. The van der Waals surface area contributed by atoms with Crippen molar-refractivity contribution in [3.8, 4) is 0 Å². The van der Waals surface area contributed by atoms with E-state index in [0.717, 1.165) is 19.0 Å². The number of nitrogens with zero attached hydrogens (tertiary/aromatic N) is 1. The van der Waals surface area contributed by atoms with Crippen molar-refractivity contribution in [2.45, 2.75) is 26.3 Å². The summed E-state index contributed by atoms with van der Waals surface area (Å²) in [6.45, 7) is 5.51. The third-order valence-corrected chi connectivity index (χ3v) is 4.60. The highest BCUT2D eigenvalue weighted by Crippen LogP contribution is 2.18. The Balaban J connectivity index is 1.56. The molecule has 0 unspecified atom stereocenters. The van der Waals surface area contributed by atoms with E-state index in [1.165, 1.54) is 29.2 Å². The number of amides is 1. The van der Waals surface area contributed by atoms with Gasteiger partial charge in [0.1, 0.15) is 0 Å². The molecule has 0 radical (unpaired) electrons. The summed E-state index contributed by atoms with van der Waals surface area (Å²) in [5.74, 6) is 0.928. The van der Waals surface area contributed by atoms with Crippen LogP contribution in [0.15, 0.2) is 42.5 Å². The van der Waals surface area contributed by atoms with Crippen LogP contribution >= 0.6 is 0 Å². The second-order valence-corrected chi connectivity index (χ2v) is 6.37. The lowest BCUT2D eigenvalue weighted by atomic mass is 9.99. The number of fused-ring (bicyclic) bond motifs is 1. The minimum atomic E-state index is 0.127. The highest BCUT2D eigenvalue weighted by Gasteiger charge is 2.17. The van der Waals surface area contributed by atoms with Crippen LogP contribution in [-0.4, -0.2) is 30.4 Å². The monoisotopic (exact) mass is 296 g/mol. The summed E-state index contributed by atoms with van der Waals surface area (Å²) < 4.78 is 0. The number of nitrogens with one attached hydrogen (secondary N) is 1. The molecule has 1 N–H and O–H groups in total. The molecule has 1 aliphatic rings. The molecule has 1 amide bonds. The van der Waals surface area contributed by atoms with Gasteiger partial charge >= 0.3 is 0 Å². The summed E-state index contributed by atoms with van der Waals surface area (Å²) in [5, 5.41) is 5.51. The third kappa shape index (κ3) is 3.66. The normalized spacial score (nSPS) is 16.8. The van der Waals surface area contributed by atoms with E-state index in [-0.39, 0.29) is 5.91 Å². The molecule has 1 saturated heterocycles. The molecule has 0 bridgehead atoms. The molecule has 0 atom stereocenters. The molecule has 116 valence electrons. The topological polar surface area (TPSA) is 32.3 Å². The van der Waals surface area contributed by atoms with Crippen molar-refractivity contribution >= 4 is 16.7 Å². The Hall–Kier alpha value is -1.87. The Bertz CT molecular complexity index is 639. The lowest BCUT2D eigenvalue weighted by Crippen LogP contribution is -2.41. The van der Waals surface area contributed by atoms with Crippen molar-refractivity contribution in [1.29, 1.82) is 0 Å². The van der Waals surface area contributed by atoms with Gasteiger partial charge in [-0.05, 0) is 48.2 Å². The lowest BCUT2D eigenvalue weighted by Gasteiger charge is -2.29. The molecule has 2 aromatic rings. The van der Waals surface area contributed by atoms with E-state index >= 15 is 0 Å². The molecule has 3 rings (SSSR count). The quantitative estimate of drug-likeness (QED) is 0.940. The maximum Gasteiger partial charge on any atom is 0.234 e. The van der Waals surface area contributed by atoms with Gasteiger partial charge in [0.25, 0.3) is 0 Å². The maximum atomic E-state index is 12.1. The second kappa shape index (κ2) is 6.93. The Morgan fingerprint density at radius 1 is 1.14 bits per heavy atom. The van der Waals surface area contributed by atoms with E-state index in [4.69, 9.17) is 0 Å². The summed E-state index contributed by atoms with van der Waals surface area (Å²) in [6, 6.07) is 14.6. The Morgan fingerprint density at radius 2 is 1.86 bits per heavy atom. The molecule has 0 aromatic heterocycles. The first kappa shape index (κ1) is 15.0. The number of hydrogen-bond acceptors (Lipinski definition) is 2. The Labute approximate surface area is 132 Å². The van der Waals surface area contributed by atoms with Crippen LogP contribution in [0.2, 0.25) is 0 Å². The van der Waals surface area contributed by atoms with Gasteiger partial charge in [-0.1, -0.05) is 49.4 Å². The van der Waals surface area contributed by atoms with Crippen molar-refractivity contribution in [3.05, 3.63) is 48.0 Å². The average Bonchev–Trinajstić information content (AvgIpc) is 2.55. The minimum absolute atomic E-state index is 0.127. The van der Waals surface area contributed by atoms with E-state index in [0.29, 0.717) is 13.1 Å². The van der Waals surface area contributed by atoms with Crippen LogP contribution in [-0.2, 0) is 11.3 Å². The van der Waals surface area contributed by atoms with Gasteiger partial charge in [0, 0.05) is 6.54 Å². The number of benzene rings is 2. The summed E-state index contributed by atoms with van der Waals surface area (Å²) >= 11 is 0. The van der Waals surface area contributed by atoms with Gasteiger partial charge in [-0.25, -0.2) is 0 Å². The largest absolute Gasteiger partial charge is 0.351 e. The highest BCUT2D eigenvalue weighted by molar-refractivity contribution is 5.86. The minimum Gasteiger partial charge on any atom is -0.351 e. The van der Waals surface area contributed by atoms with E-state index < -0.39 is 0 Å². The van der Waals surface area contributed by atoms with Crippen molar-refractivity contribution in [3.63, 3.8) is 0 Å². The van der Waals surface area contributed by atoms with Gasteiger partial charge in [-0.15, -0.1) is 0 Å². The van der Waals surface area contributed by atoms with Gasteiger partial charge in [-0.3, -0.25) is 9.69 Å². The number of likely N-dealkylation sites (tertiary alicyclic amines) is 1. The first-order valence-corrected chi connectivity index (χ1v) is 8.18. The molecular weight excluding hydrogens is 272 g/mol. The van der Waals surface area contributed by atoms with E-state index in [1.54, 1.807) is 0 Å². The van der Waals surface area contributed by atoms with Crippen LogP contribution in [0.3, 0.4) is 0 Å². The summed E-state index contributed by atoms with van der Waals surface area (Å²) in [5.41, 5.74) is 1.18. The van der Waals surface area contributed by atoms with Crippen LogP contribution in [0, 0.1) is 5.92 Å². The number of piperidine rings is 1. The van der Waals surface area contributed by atoms with Crippen LogP contribution < -0.4 is 5.32 Å². The Morgan fingerprint density at radius 3 is 2.68 bits per heavy atom. The van der Waals surface area contributed by atoms with E-state index in [9.17, 15) is 4.79 Å². The zero-order valence-corrected chi connectivity index (χ0v) is 13.2. The molecule has 2 aromatic carbocycles. The van der Waals surface area contributed by atoms with Crippen molar-refractivity contribution in [2.75, 3.05) is 19.6 Å². The van der Waals surface area contributed by atoms with Crippen molar-refractivity contribution in [2.24, 2.45) is 5.92 Å². The number of hydrogen-bond donors (Lipinski definition) is 1. The molecule has 3 heteroatoms. The number of carbonyl (C=O) groups excluding carboxylic acids is 1. The zero-order chi connectivity index (χ0) is 15.4. The van der Waals surface area contributed by atoms with Crippen LogP contribution in [0.4, 0.5) is 0 Å². The molecule has 0 aliphatic carbocycles. The molecular formula is C19H24N2O. The molecule has 1 aliphatic heterocycles. The molecule has 1 fully saturated rings. The van der Waals surface area contributed by atoms with Crippen LogP contribution in [0.1, 0.15) is 25.3 Å². The van der Waals surface area contributed by atoms with Crippen molar-refractivity contribution in [1.82, 2.24) is 10.2 Å². The number of rotatable bonds is 4. The SMILES string of the molecule is CC1CCN(CC(=O)NCc2cccc3ccccc23)CC1. The second-order valence-electron chi connectivity index (χ2n) is 6.37. The van der Waals surface area contributed by atoms with Gasteiger partial charge in [-0.2, -0.15) is 0 Å². The molecule has 1 heterocycles. The highest BCUT2D eigenvalue weighted by atomic mass is 16.2. The predicted octanol–water partition coefficient (Wildman–Crippen LogP) is 3.19. The summed E-state index contributed by atoms with van der Waals surface area (Å²) in [7, 11) is 0. The number of carbonyl (C=O) groups is 1. The van der Waals surface area contributed by atoms with Gasteiger partial charge < -0.3 is 5.32 Å². The molecule has 3 nitrogen and oxygen atoms in total. The average molecular weight is 296 g/mol. The lowest BCUT2D eigenvalue weighted by molar-refractivity contribution is -0.122. The van der Waals surface area contributed by atoms with Gasteiger partial charge in [0.15, 0.2) is 0 Å². The fourth-order valence-electron chi connectivity index (χ4n) is 3.12. The van der Waals surface area contributed by atoms with Crippen molar-refractivity contribution < 1.29 is 4.79 Å². The van der Waals surface area contributed by atoms with Gasteiger partial charge in [0.05, 0.1) is 6.54 Å². The van der Waals surface area contributed by atoms with E-state index in [1.807, 2.05) is 12.1 Å². The third-order valence-electron chi connectivity index (χ3n) is 4.60. The van der Waals surface area contributed by atoms with Crippen LogP contribution in [0.5, 0.6) is 0 Å². The standard InChI is InChI=1S/C19H24N2O/c1-15-9-11-21(12-10-15)14-19(22)20-13-17-7-4-6-16-5-2-3-8-18(16)17/h2-8,15H,9-14H2,1H3,(H,20,22). The first-order chi connectivity index (χ1) is 10.7.